The molecule has 90 valence electrons. The van der Waals surface area contributed by atoms with Gasteiger partial charge in [0.25, 0.3) is 5.91 Å². The SMILES string of the molecule is C#CCCCCNC(=O)c1ccc(N)c(C)c1. The van der Waals surface area contributed by atoms with Gasteiger partial charge < -0.3 is 11.1 Å². The van der Waals surface area contributed by atoms with Crippen molar-refractivity contribution in [2.24, 2.45) is 0 Å². The summed E-state index contributed by atoms with van der Waals surface area (Å²) in [5, 5.41) is 2.86. The second-order valence-corrected chi connectivity index (χ2v) is 3.99. The van der Waals surface area contributed by atoms with Crippen molar-refractivity contribution in [2.45, 2.75) is 26.2 Å². The molecule has 3 N–H and O–H groups in total. The van der Waals surface area contributed by atoms with E-state index >= 15 is 0 Å². The zero-order valence-electron chi connectivity index (χ0n) is 10.1. The lowest BCUT2D eigenvalue weighted by atomic mass is 10.1. The zero-order chi connectivity index (χ0) is 12.7. The van der Waals surface area contributed by atoms with Crippen molar-refractivity contribution in [3.8, 4) is 12.3 Å². The van der Waals surface area contributed by atoms with Crippen molar-refractivity contribution in [1.29, 1.82) is 0 Å². The van der Waals surface area contributed by atoms with E-state index in [-0.39, 0.29) is 5.91 Å². The maximum atomic E-state index is 11.7. The third-order valence-corrected chi connectivity index (χ3v) is 2.57. The van der Waals surface area contributed by atoms with Gasteiger partial charge in [-0.15, -0.1) is 12.3 Å². The Bertz CT molecular complexity index is 432. The molecule has 0 aliphatic heterocycles. The molecular formula is C14H18N2O. The molecular weight excluding hydrogens is 212 g/mol. The molecule has 17 heavy (non-hydrogen) atoms. The topological polar surface area (TPSA) is 55.1 Å². The van der Waals surface area contributed by atoms with E-state index < -0.39 is 0 Å². The van der Waals surface area contributed by atoms with Crippen LogP contribution in [-0.2, 0) is 0 Å². The molecule has 3 nitrogen and oxygen atoms in total. The molecule has 0 aromatic heterocycles. The van der Waals surface area contributed by atoms with E-state index in [2.05, 4.69) is 11.2 Å². The summed E-state index contributed by atoms with van der Waals surface area (Å²) in [5.41, 5.74) is 7.97. The van der Waals surface area contributed by atoms with Crippen molar-refractivity contribution >= 4 is 11.6 Å². The first-order valence-corrected chi connectivity index (χ1v) is 5.73. The molecule has 0 bridgehead atoms. The van der Waals surface area contributed by atoms with Gasteiger partial charge in [0.05, 0.1) is 0 Å². The van der Waals surface area contributed by atoms with Gasteiger partial charge in [0.1, 0.15) is 0 Å². The van der Waals surface area contributed by atoms with Gasteiger partial charge in [0.2, 0.25) is 0 Å². The lowest BCUT2D eigenvalue weighted by Crippen LogP contribution is -2.24. The van der Waals surface area contributed by atoms with Gasteiger partial charge in [0, 0.05) is 24.2 Å². The predicted octanol–water partition coefficient (Wildman–Crippen LogP) is 2.11. The summed E-state index contributed by atoms with van der Waals surface area (Å²) in [6, 6.07) is 5.29. The number of amides is 1. The standard InChI is InChI=1S/C14H18N2O/c1-3-4-5-6-9-16-14(17)12-7-8-13(15)11(2)10-12/h1,7-8,10H,4-6,9,15H2,2H3,(H,16,17). The molecule has 0 saturated heterocycles. The Morgan fingerprint density at radius 1 is 1.47 bits per heavy atom. The quantitative estimate of drug-likeness (QED) is 0.462. The minimum absolute atomic E-state index is 0.0613. The van der Waals surface area contributed by atoms with E-state index in [0.717, 1.165) is 24.8 Å². The molecule has 1 aromatic carbocycles. The molecule has 0 radical (unpaired) electrons. The summed E-state index contributed by atoms with van der Waals surface area (Å²) in [6.07, 6.45) is 7.75. The number of terminal acetylenes is 1. The number of nitrogens with two attached hydrogens (primary N) is 1. The molecule has 0 atom stereocenters. The molecule has 1 rings (SSSR count). The summed E-state index contributed by atoms with van der Waals surface area (Å²) in [7, 11) is 0. The number of carbonyl (C=O) groups excluding carboxylic acids is 1. The first-order chi connectivity index (χ1) is 8.15. The number of hydrogen-bond donors (Lipinski definition) is 2. The molecule has 0 fully saturated rings. The molecule has 0 unspecified atom stereocenters. The highest BCUT2D eigenvalue weighted by Gasteiger charge is 2.05. The van der Waals surface area contributed by atoms with Gasteiger partial charge in [-0.2, -0.15) is 0 Å². The van der Waals surface area contributed by atoms with E-state index in [1.54, 1.807) is 18.2 Å². The largest absolute Gasteiger partial charge is 0.399 e. The zero-order valence-corrected chi connectivity index (χ0v) is 10.1. The molecule has 0 saturated carbocycles. The Kier molecular flexibility index (Phi) is 5.09. The Hall–Kier alpha value is -1.95. The summed E-state index contributed by atoms with van der Waals surface area (Å²) in [5.74, 6) is 2.51. The number of rotatable bonds is 5. The van der Waals surface area contributed by atoms with Crippen molar-refractivity contribution in [1.82, 2.24) is 5.32 Å². The van der Waals surface area contributed by atoms with Crippen LogP contribution in [0.3, 0.4) is 0 Å². The number of nitrogens with one attached hydrogen (secondary N) is 1. The fraction of sp³-hybridized carbons (Fsp3) is 0.357. The maximum Gasteiger partial charge on any atom is 0.251 e. The van der Waals surface area contributed by atoms with Crippen LogP contribution in [0.1, 0.15) is 35.2 Å². The van der Waals surface area contributed by atoms with Gasteiger partial charge in [0.15, 0.2) is 0 Å². The Morgan fingerprint density at radius 2 is 2.24 bits per heavy atom. The minimum atomic E-state index is -0.0613. The molecule has 0 aliphatic rings. The van der Waals surface area contributed by atoms with Crippen LogP contribution in [0.2, 0.25) is 0 Å². The van der Waals surface area contributed by atoms with Gasteiger partial charge in [-0.3, -0.25) is 4.79 Å². The second-order valence-electron chi connectivity index (χ2n) is 3.99. The molecule has 1 amide bonds. The van der Waals surface area contributed by atoms with Crippen LogP contribution in [0.5, 0.6) is 0 Å². The highest BCUT2D eigenvalue weighted by molar-refractivity contribution is 5.94. The maximum absolute atomic E-state index is 11.7. The Balaban J connectivity index is 2.42. The van der Waals surface area contributed by atoms with Gasteiger partial charge in [-0.25, -0.2) is 0 Å². The van der Waals surface area contributed by atoms with Crippen molar-refractivity contribution < 1.29 is 4.79 Å². The van der Waals surface area contributed by atoms with E-state index in [9.17, 15) is 4.79 Å². The van der Waals surface area contributed by atoms with Crippen molar-refractivity contribution in [2.75, 3.05) is 12.3 Å². The lowest BCUT2D eigenvalue weighted by Gasteiger charge is -2.06. The molecule has 1 aromatic rings. The van der Waals surface area contributed by atoms with Crippen molar-refractivity contribution in [3.63, 3.8) is 0 Å². The van der Waals surface area contributed by atoms with Gasteiger partial charge in [-0.1, -0.05) is 0 Å². The van der Waals surface area contributed by atoms with Crippen LogP contribution in [0.25, 0.3) is 0 Å². The van der Waals surface area contributed by atoms with Crippen LogP contribution in [-0.4, -0.2) is 12.5 Å². The summed E-state index contributed by atoms with van der Waals surface area (Å²) in [6.45, 7) is 2.54. The van der Waals surface area contributed by atoms with Crippen LogP contribution >= 0.6 is 0 Å². The number of aryl methyl sites for hydroxylation is 1. The van der Waals surface area contributed by atoms with E-state index in [1.165, 1.54) is 0 Å². The average molecular weight is 230 g/mol. The first kappa shape index (κ1) is 13.1. The van der Waals surface area contributed by atoms with Crippen molar-refractivity contribution in [3.05, 3.63) is 29.3 Å². The van der Waals surface area contributed by atoms with E-state index in [0.29, 0.717) is 17.8 Å². The number of anilines is 1. The molecule has 0 spiro atoms. The monoisotopic (exact) mass is 230 g/mol. The Morgan fingerprint density at radius 3 is 2.88 bits per heavy atom. The average Bonchev–Trinajstić information content (AvgIpc) is 2.32. The molecule has 3 heteroatoms. The number of benzene rings is 1. The number of carbonyl (C=O) groups is 1. The predicted molar refractivity (Wildman–Crippen MR) is 70.6 cm³/mol. The Labute approximate surface area is 102 Å². The smallest absolute Gasteiger partial charge is 0.251 e. The highest BCUT2D eigenvalue weighted by Crippen LogP contribution is 2.12. The minimum Gasteiger partial charge on any atom is -0.399 e. The fourth-order valence-corrected chi connectivity index (χ4v) is 1.47. The lowest BCUT2D eigenvalue weighted by molar-refractivity contribution is 0.0953. The summed E-state index contributed by atoms with van der Waals surface area (Å²) < 4.78 is 0. The number of unbranched alkanes of at least 4 members (excludes halogenated alkanes) is 2. The third kappa shape index (κ3) is 4.20. The highest BCUT2D eigenvalue weighted by atomic mass is 16.1. The molecule has 0 heterocycles. The van der Waals surface area contributed by atoms with Crippen LogP contribution in [0.15, 0.2) is 18.2 Å². The number of nitrogen functional groups attached to an aromatic ring is 1. The van der Waals surface area contributed by atoms with E-state index in [1.807, 2.05) is 6.92 Å². The van der Waals surface area contributed by atoms with Gasteiger partial charge in [-0.05, 0) is 43.5 Å². The van der Waals surface area contributed by atoms with Gasteiger partial charge >= 0.3 is 0 Å². The summed E-state index contributed by atoms with van der Waals surface area (Å²) in [4.78, 5) is 11.7. The van der Waals surface area contributed by atoms with Crippen LogP contribution in [0.4, 0.5) is 5.69 Å². The molecule has 0 aliphatic carbocycles. The summed E-state index contributed by atoms with van der Waals surface area (Å²) >= 11 is 0. The number of hydrogen-bond acceptors (Lipinski definition) is 2. The fourth-order valence-electron chi connectivity index (χ4n) is 1.47. The second kappa shape index (κ2) is 6.59. The van der Waals surface area contributed by atoms with Crippen LogP contribution in [0, 0.1) is 19.3 Å². The van der Waals surface area contributed by atoms with Crippen LogP contribution < -0.4 is 11.1 Å². The normalized spacial score (nSPS) is 9.65. The van der Waals surface area contributed by atoms with E-state index in [4.69, 9.17) is 12.2 Å². The first-order valence-electron chi connectivity index (χ1n) is 5.73. The third-order valence-electron chi connectivity index (χ3n) is 2.57.